The van der Waals surface area contributed by atoms with Crippen LogP contribution in [0, 0.1) is 0 Å². The van der Waals surface area contributed by atoms with Crippen molar-refractivity contribution in [3.8, 4) is 28.2 Å². The van der Waals surface area contributed by atoms with Gasteiger partial charge < -0.3 is 4.57 Å². The summed E-state index contributed by atoms with van der Waals surface area (Å²) in [6.07, 6.45) is 1.80. The summed E-state index contributed by atoms with van der Waals surface area (Å²) < 4.78 is 2.42. The summed E-state index contributed by atoms with van der Waals surface area (Å²) in [6, 6.07) is 48.9. The molecule has 0 aliphatic rings. The highest BCUT2D eigenvalue weighted by molar-refractivity contribution is 6.26. The maximum atomic E-state index is 5.19. The second-order valence-electron chi connectivity index (χ2n) is 10.9. The number of hydrogen-bond acceptors (Lipinski definition) is 3. The van der Waals surface area contributed by atoms with Gasteiger partial charge in [-0.3, -0.25) is 4.98 Å². The number of fused-ring (bicyclic) bond motifs is 8. The van der Waals surface area contributed by atoms with Gasteiger partial charge in [0.1, 0.15) is 0 Å². The van der Waals surface area contributed by atoms with Crippen molar-refractivity contribution in [2.75, 3.05) is 0 Å². The Morgan fingerprint density at radius 3 is 2.16 bits per heavy atom. The van der Waals surface area contributed by atoms with Crippen LogP contribution in [0.5, 0.6) is 0 Å². The lowest BCUT2D eigenvalue weighted by Crippen LogP contribution is -1.97. The van der Waals surface area contributed by atoms with Gasteiger partial charge >= 0.3 is 0 Å². The maximum absolute atomic E-state index is 5.19. The maximum Gasteiger partial charge on any atom is 0.0894 e. The molecule has 0 amide bonds. The van der Waals surface area contributed by atoms with E-state index in [0.717, 1.165) is 55.5 Å². The third-order valence-electron chi connectivity index (χ3n) is 8.40. The highest BCUT2D eigenvalue weighted by Crippen LogP contribution is 2.42. The quantitative estimate of drug-likeness (QED) is 0.206. The van der Waals surface area contributed by atoms with E-state index in [9.17, 15) is 0 Å². The number of aromatic nitrogens is 4. The van der Waals surface area contributed by atoms with Crippen molar-refractivity contribution in [3.05, 3.63) is 146 Å². The molecule has 0 fully saturated rings. The molecule has 0 saturated heterocycles. The first-order chi connectivity index (χ1) is 21.3. The molecular weight excluding hydrogens is 524 g/mol. The first-order valence-corrected chi connectivity index (χ1v) is 14.5. The molecule has 0 aliphatic heterocycles. The Bertz CT molecular complexity index is 2510. The molecule has 200 valence electrons. The molecule has 0 unspecified atom stereocenters. The van der Waals surface area contributed by atoms with E-state index in [-0.39, 0.29) is 0 Å². The van der Waals surface area contributed by atoms with Gasteiger partial charge in [-0.15, -0.1) is 0 Å². The standard InChI is InChI=1S/C39H24N4/c1-2-10-25(11-3-1)38-31-20-19-29-28-14-5-7-18-36(28)43(39(29)37(31)30-15-4-6-16-33(30)42-38)27-13-8-12-26(24-27)32-21-22-34-35(41-32)17-9-23-40-34/h1-24H. The topological polar surface area (TPSA) is 43.6 Å². The summed E-state index contributed by atoms with van der Waals surface area (Å²) in [6.45, 7) is 0. The lowest BCUT2D eigenvalue weighted by Gasteiger charge is -2.15. The Morgan fingerprint density at radius 1 is 0.465 bits per heavy atom. The van der Waals surface area contributed by atoms with Crippen molar-refractivity contribution in [3.63, 3.8) is 0 Å². The molecule has 0 atom stereocenters. The minimum Gasteiger partial charge on any atom is -0.309 e. The molecule has 9 rings (SSSR count). The van der Waals surface area contributed by atoms with E-state index in [1.54, 1.807) is 6.20 Å². The van der Waals surface area contributed by atoms with Crippen LogP contribution in [-0.2, 0) is 0 Å². The van der Waals surface area contributed by atoms with Crippen molar-refractivity contribution in [2.45, 2.75) is 0 Å². The van der Waals surface area contributed by atoms with Gasteiger partial charge in [0.2, 0.25) is 0 Å². The molecule has 0 aliphatic carbocycles. The highest BCUT2D eigenvalue weighted by Gasteiger charge is 2.19. The lowest BCUT2D eigenvalue weighted by atomic mass is 9.97. The molecule has 0 spiro atoms. The van der Waals surface area contributed by atoms with E-state index in [1.165, 1.54) is 27.2 Å². The number of rotatable bonds is 3. The minimum absolute atomic E-state index is 0.890. The average molecular weight is 549 g/mol. The van der Waals surface area contributed by atoms with Gasteiger partial charge in [-0.2, -0.15) is 0 Å². The Kier molecular flexibility index (Phi) is 5.16. The normalized spacial score (nSPS) is 11.7. The predicted molar refractivity (Wildman–Crippen MR) is 178 cm³/mol. The molecule has 4 heteroatoms. The minimum atomic E-state index is 0.890. The van der Waals surface area contributed by atoms with Gasteiger partial charge in [0.15, 0.2) is 0 Å². The molecule has 5 aromatic carbocycles. The molecule has 43 heavy (non-hydrogen) atoms. The zero-order valence-electron chi connectivity index (χ0n) is 23.1. The van der Waals surface area contributed by atoms with Crippen molar-refractivity contribution in [1.82, 2.24) is 19.5 Å². The van der Waals surface area contributed by atoms with E-state index in [4.69, 9.17) is 9.97 Å². The molecular formula is C39H24N4. The summed E-state index contributed by atoms with van der Waals surface area (Å²) in [7, 11) is 0. The molecule has 4 nitrogen and oxygen atoms in total. The smallest absolute Gasteiger partial charge is 0.0894 e. The van der Waals surface area contributed by atoms with Gasteiger partial charge in [-0.25, -0.2) is 9.97 Å². The summed E-state index contributed by atoms with van der Waals surface area (Å²) in [5.74, 6) is 0. The number of hydrogen-bond donors (Lipinski definition) is 0. The molecule has 0 saturated carbocycles. The fraction of sp³-hybridized carbons (Fsp3) is 0. The number of nitrogens with zero attached hydrogens (tertiary/aromatic N) is 4. The van der Waals surface area contributed by atoms with E-state index < -0.39 is 0 Å². The monoisotopic (exact) mass is 548 g/mol. The zero-order valence-corrected chi connectivity index (χ0v) is 23.1. The van der Waals surface area contributed by atoms with Gasteiger partial charge in [-0.05, 0) is 48.5 Å². The number of pyridine rings is 3. The van der Waals surface area contributed by atoms with E-state index in [1.807, 2.05) is 18.2 Å². The van der Waals surface area contributed by atoms with E-state index in [0.29, 0.717) is 0 Å². The van der Waals surface area contributed by atoms with Crippen LogP contribution in [0.15, 0.2) is 146 Å². The molecule has 4 aromatic heterocycles. The summed E-state index contributed by atoms with van der Waals surface area (Å²) in [4.78, 5) is 14.6. The van der Waals surface area contributed by atoms with Gasteiger partial charge in [0.05, 0.1) is 39.0 Å². The summed E-state index contributed by atoms with van der Waals surface area (Å²) in [5, 5.41) is 5.94. The van der Waals surface area contributed by atoms with Crippen LogP contribution < -0.4 is 0 Å². The highest BCUT2D eigenvalue weighted by atomic mass is 15.0. The fourth-order valence-corrected chi connectivity index (χ4v) is 6.50. The third-order valence-corrected chi connectivity index (χ3v) is 8.40. The zero-order chi connectivity index (χ0) is 28.3. The molecule has 4 heterocycles. The van der Waals surface area contributed by atoms with Gasteiger partial charge in [0, 0.05) is 49.9 Å². The number of para-hydroxylation sites is 2. The molecule has 0 radical (unpaired) electrons. The predicted octanol–water partition coefficient (Wildman–Crippen LogP) is 9.76. The first-order valence-electron chi connectivity index (χ1n) is 14.5. The Labute approximate surface area is 247 Å². The fourth-order valence-electron chi connectivity index (χ4n) is 6.50. The Hall–Kier alpha value is -5.87. The van der Waals surface area contributed by atoms with Crippen LogP contribution in [0.3, 0.4) is 0 Å². The van der Waals surface area contributed by atoms with Crippen LogP contribution in [0.25, 0.3) is 82.7 Å². The van der Waals surface area contributed by atoms with E-state index in [2.05, 4.69) is 131 Å². The molecule has 9 aromatic rings. The first kappa shape index (κ1) is 23.8. The third kappa shape index (κ3) is 3.67. The average Bonchev–Trinajstić information content (AvgIpc) is 3.42. The van der Waals surface area contributed by atoms with Crippen LogP contribution in [-0.4, -0.2) is 19.5 Å². The van der Waals surface area contributed by atoms with E-state index >= 15 is 0 Å². The summed E-state index contributed by atoms with van der Waals surface area (Å²) in [5.41, 5.74) is 10.3. The van der Waals surface area contributed by atoms with Crippen molar-refractivity contribution >= 4 is 54.5 Å². The second kappa shape index (κ2) is 9.33. The van der Waals surface area contributed by atoms with Crippen LogP contribution in [0.4, 0.5) is 0 Å². The molecule has 0 bridgehead atoms. The molecule has 0 N–H and O–H groups in total. The van der Waals surface area contributed by atoms with Crippen LogP contribution in [0.1, 0.15) is 0 Å². The Balaban J connectivity index is 1.40. The van der Waals surface area contributed by atoms with Gasteiger partial charge in [-0.1, -0.05) is 91.0 Å². The van der Waals surface area contributed by atoms with Gasteiger partial charge in [0.25, 0.3) is 0 Å². The SMILES string of the molecule is c1ccc(-c2nc3ccccc3c3c2ccc2c4ccccc4n(-c4cccc(-c5ccc6ncccc6n5)c4)c23)cc1. The van der Waals surface area contributed by atoms with Crippen LogP contribution in [0.2, 0.25) is 0 Å². The Morgan fingerprint density at radius 2 is 1.23 bits per heavy atom. The second-order valence-corrected chi connectivity index (χ2v) is 10.9. The largest absolute Gasteiger partial charge is 0.309 e. The van der Waals surface area contributed by atoms with Crippen molar-refractivity contribution < 1.29 is 0 Å². The van der Waals surface area contributed by atoms with Crippen LogP contribution >= 0.6 is 0 Å². The van der Waals surface area contributed by atoms with Crippen molar-refractivity contribution in [1.29, 1.82) is 0 Å². The number of benzene rings is 5. The summed E-state index contributed by atoms with van der Waals surface area (Å²) >= 11 is 0. The van der Waals surface area contributed by atoms with Crippen molar-refractivity contribution in [2.24, 2.45) is 0 Å². The lowest BCUT2D eigenvalue weighted by molar-refractivity contribution is 1.18.